The highest BCUT2D eigenvalue weighted by Crippen LogP contribution is 2.22. The van der Waals surface area contributed by atoms with Crippen molar-refractivity contribution in [3.05, 3.63) is 54.6 Å². The molecule has 35 heavy (non-hydrogen) atoms. The molecule has 0 radical (unpaired) electrons. The first-order valence-electron chi connectivity index (χ1n) is 11.1. The maximum absolute atomic E-state index is 13.0. The second kappa shape index (κ2) is 15.3. The highest BCUT2D eigenvalue weighted by Gasteiger charge is 2.23. The zero-order valence-electron chi connectivity index (χ0n) is 20.1. The zero-order chi connectivity index (χ0) is 25.5. The molecule has 0 heterocycles. The van der Waals surface area contributed by atoms with Crippen molar-refractivity contribution in [1.29, 1.82) is 0 Å². The van der Waals surface area contributed by atoms with Crippen molar-refractivity contribution in [2.24, 2.45) is 16.0 Å². The summed E-state index contributed by atoms with van der Waals surface area (Å²) in [5.41, 5.74) is 7.09. The number of methoxy groups -OCH3 is 2. The van der Waals surface area contributed by atoms with Crippen LogP contribution in [0.4, 0.5) is 17.1 Å². The Balaban J connectivity index is 2.19. The fourth-order valence-corrected chi connectivity index (χ4v) is 3.01. The number of carbonyl (C=O) groups excluding carboxylic acids is 3. The van der Waals surface area contributed by atoms with Gasteiger partial charge in [0.1, 0.15) is 6.54 Å². The van der Waals surface area contributed by atoms with Crippen LogP contribution < -0.4 is 16.0 Å². The monoisotopic (exact) mass is 484 g/mol. The van der Waals surface area contributed by atoms with Crippen molar-refractivity contribution < 1.29 is 23.9 Å². The number of benzene rings is 2. The summed E-state index contributed by atoms with van der Waals surface area (Å²) in [5, 5.41) is 11.4. The van der Waals surface area contributed by atoms with Gasteiger partial charge < -0.3 is 30.3 Å². The number of nitrogens with two attached hydrogens (primary N) is 1. The van der Waals surface area contributed by atoms with Gasteiger partial charge in [-0.25, -0.2) is 0 Å². The van der Waals surface area contributed by atoms with Gasteiger partial charge in [0.15, 0.2) is 0 Å². The maximum Gasteiger partial charge on any atom is 0.243 e. The van der Waals surface area contributed by atoms with Gasteiger partial charge in [0, 0.05) is 33.0 Å². The van der Waals surface area contributed by atoms with E-state index in [9.17, 15) is 14.4 Å². The molecule has 0 aliphatic carbocycles. The van der Waals surface area contributed by atoms with E-state index in [1.807, 2.05) is 30.3 Å². The predicted molar refractivity (Wildman–Crippen MR) is 132 cm³/mol. The van der Waals surface area contributed by atoms with Crippen molar-refractivity contribution in [1.82, 2.24) is 10.2 Å². The summed E-state index contributed by atoms with van der Waals surface area (Å²) < 4.78 is 10.0. The van der Waals surface area contributed by atoms with E-state index in [4.69, 9.17) is 15.2 Å². The zero-order valence-corrected chi connectivity index (χ0v) is 20.1. The summed E-state index contributed by atoms with van der Waals surface area (Å²) in [6.07, 6.45) is 0. The van der Waals surface area contributed by atoms with Crippen LogP contribution in [0.2, 0.25) is 0 Å². The molecule has 3 N–H and O–H groups in total. The summed E-state index contributed by atoms with van der Waals surface area (Å²) in [5.74, 6) is -1.40. The standard InChI is InChI=1S/C24H32N6O5/c1-34-14-12-26-16-23(32)30(18-24(33)29(13-15-35-2)17-22(25)31)21-10-8-20(9-11-21)28-27-19-6-4-3-5-7-19/h3-11,26H,12-18H2,1-2H3,(H2,25,31). The minimum atomic E-state index is -0.651. The van der Waals surface area contributed by atoms with Crippen LogP contribution in [-0.2, 0) is 23.9 Å². The molecule has 0 saturated heterocycles. The maximum atomic E-state index is 13.0. The molecule has 3 amide bonds. The van der Waals surface area contributed by atoms with Crippen LogP contribution in [0.3, 0.4) is 0 Å². The van der Waals surface area contributed by atoms with E-state index in [1.54, 1.807) is 31.4 Å². The fraction of sp³-hybridized carbons (Fsp3) is 0.375. The van der Waals surface area contributed by atoms with Crippen LogP contribution in [0.15, 0.2) is 64.8 Å². The van der Waals surface area contributed by atoms with Gasteiger partial charge in [-0.1, -0.05) is 18.2 Å². The number of ether oxygens (including phenoxy) is 2. The van der Waals surface area contributed by atoms with Gasteiger partial charge in [0.05, 0.1) is 37.7 Å². The molecule has 11 heteroatoms. The molecule has 0 atom stereocenters. The van der Waals surface area contributed by atoms with Gasteiger partial charge in [-0.3, -0.25) is 14.4 Å². The number of primary amides is 1. The van der Waals surface area contributed by atoms with E-state index < -0.39 is 11.8 Å². The largest absolute Gasteiger partial charge is 0.383 e. The molecule has 2 aromatic carbocycles. The Hall–Kier alpha value is -3.67. The summed E-state index contributed by atoms with van der Waals surface area (Å²) in [4.78, 5) is 40.0. The minimum Gasteiger partial charge on any atom is -0.383 e. The van der Waals surface area contributed by atoms with Gasteiger partial charge in [-0.05, 0) is 36.4 Å². The van der Waals surface area contributed by atoms with E-state index in [0.29, 0.717) is 30.2 Å². The first-order valence-corrected chi connectivity index (χ1v) is 11.1. The number of amides is 3. The van der Waals surface area contributed by atoms with Crippen LogP contribution in [0.5, 0.6) is 0 Å². The highest BCUT2D eigenvalue weighted by atomic mass is 16.5. The summed E-state index contributed by atoms with van der Waals surface area (Å²) >= 11 is 0. The topological polar surface area (TPSA) is 139 Å². The van der Waals surface area contributed by atoms with Gasteiger partial charge in [-0.15, -0.1) is 0 Å². The molecular formula is C24H32N6O5. The number of hydrogen-bond acceptors (Lipinski definition) is 8. The Labute approximate surface area is 204 Å². The average Bonchev–Trinajstić information content (AvgIpc) is 2.87. The van der Waals surface area contributed by atoms with Gasteiger partial charge in [0.25, 0.3) is 0 Å². The van der Waals surface area contributed by atoms with Crippen LogP contribution in [-0.4, -0.2) is 82.8 Å². The number of nitrogens with zero attached hydrogens (tertiary/aromatic N) is 4. The summed E-state index contributed by atoms with van der Waals surface area (Å²) in [6, 6.07) is 16.1. The Bertz CT molecular complexity index is 968. The first-order chi connectivity index (χ1) is 16.9. The second-order valence-electron chi connectivity index (χ2n) is 7.48. The molecule has 0 bridgehead atoms. The van der Waals surface area contributed by atoms with E-state index in [2.05, 4.69) is 15.5 Å². The van der Waals surface area contributed by atoms with Crippen LogP contribution in [0, 0.1) is 0 Å². The third-order valence-corrected chi connectivity index (χ3v) is 4.82. The Kier molecular flexibility index (Phi) is 12.0. The van der Waals surface area contributed by atoms with Crippen molar-refractivity contribution in [3.63, 3.8) is 0 Å². The molecule has 188 valence electrons. The molecule has 0 unspecified atom stereocenters. The molecule has 0 spiro atoms. The van der Waals surface area contributed by atoms with Gasteiger partial charge in [0.2, 0.25) is 17.7 Å². The summed E-state index contributed by atoms with van der Waals surface area (Å²) in [7, 11) is 3.06. The molecule has 0 aliphatic heterocycles. The number of anilines is 1. The molecule has 2 aromatic rings. The smallest absolute Gasteiger partial charge is 0.243 e. The molecule has 0 aromatic heterocycles. The lowest BCUT2D eigenvalue weighted by Gasteiger charge is -2.27. The van der Waals surface area contributed by atoms with Crippen molar-refractivity contribution in [3.8, 4) is 0 Å². The van der Waals surface area contributed by atoms with Crippen LogP contribution >= 0.6 is 0 Å². The average molecular weight is 485 g/mol. The van der Waals surface area contributed by atoms with Crippen LogP contribution in [0.25, 0.3) is 0 Å². The van der Waals surface area contributed by atoms with E-state index in [0.717, 1.165) is 0 Å². The third kappa shape index (κ3) is 10.0. The molecule has 2 rings (SSSR count). The van der Waals surface area contributed by atoms with Gasteiger partial charge in [-0.2, -0.15) is 10.2 Å². The SMILES string of the molecule is COCCNCC(=O)N(CC(=O)N(CCOC)CC(N)=O)c1ccc(N=Nc2ccccc2)cc1. The molecular weight excluding hydrogens is 452 g/mol. The number of carbonyl (C=O) groups is 3. The third-order valence-electron chi connectivity index (χ3n) is 4.82. The Morgan fingerprint density at radius 3 is 2.09 bits per heavy atom. The van der Waals surface area contributed by atoms with Gasteiger partial charge >= 0.3 is 0 Å². The normalized spacial score (nSPS) is 10.9. The van der Waals surface area contributed by atoms with E-state index >= 15 is 0 Å². The minimum absolute atomic E-state index is 0.00000249. The van der Waals surface area contributed by atoms with E-state index in [-0.39, 0.29) is 38.7 Å². The first kappa shape index (κ1) is 27.6. The van der Waals surface area contributed by atoms with Crippen molar-refractivity contribution >= 4 is 34.8 Å². The summed E-state index contributed by atoms with van der Waals surface area (Å²) in [6.45, 7) is 0.779. The molecule has 0 saturated carbocycles. The fourth-order valence-electron chi connectivity index (χ4n) is 3.01. The van der Waals surface area contributed by atoms with Crippen molar-refractivity contribution in [2.75, 3.05) is 65.1 Å². The lowest BCUT2D eigenvalue weighted by atomic mass is 10.2. The number of rotatable bonds is 15. The number of azo groups is 1. The highest BCUT2D eigenvalue weighted by molar-refractivity contribution is 6.00. The second-order valence-corrected chi connectivity index (χ2v) is 7.48. The molecule has 11 nitrogen and oxygen atoms in total. The Morgan fingerprint density at radius 1 is 0.857 bits per heavy atom. The predicted octanol–water partition coefficient (Wildman–Crippen LogP) is 1.63. The van der Waals surface area contributed by atoms with E-state index in [1.165, 1.54) is 16.9 Å². The Morgan fingerprint density at radius 2 is 1.49 bits per heavy atom. The number of hydrogen-bond donors (Lipinski definition) is 2. The van der Waals surface area contributed by atoms with Crippen molar-refractivity contribution in [2.45, 2.75) is 0 Å². The molecule has 0 aliphatic rings. The molecule has 0 fully saturated rings. The quantitative estimate of drug-likeness (QED) is 0.291. The lowest BCUT2D eigenvalue weighted by molar-refractivity contribution is -0.135. The van der Waals surface area contributed by atoms with Crippen LogP contribution in [0.1, 0.15) is 0 Å². The number of nitrogens with one attached hydrogen (secondary N) is 1. The lowest BCUT2D eigenvalue weighted by Crippen LogP contribution is -2.48.